The lowest BCUT2D eigenvalue weighted by Crippen LogP contribution is -2.00. The van der Waals surface area contributed by atoms with E-state index >= 15 is 0 Å². The number of terminal acetylenes is 1. The Kier molecular flexibility index (Phi) is 2.11. The second-order valence-electron chi connectivity index (χ2n) is 2.15. The molecule has 2 heteroatoms. The average Bonchev–Trinajstić information content (AvgIpc) is 2.31. The van der Waals surface area contributed by atoms with Crippen molar-refractivity contribution < 1.29 is 0 Å². The highest BCUT2D eigenvalue weighted by Gasteiger charge is 1.92. The first-order valence-electron chi connectivity index (χ1n) is 3.26. The van der Waals surface area contributed by atoms with Gasteiger partial charge in [-0.1, -0.05) is 0 Å². The third kappa shape index (κ3) is 1.38. The minimum Gasteiger partial charge on any atom is -0.269 e. The summed E-state index contributed by atoms with van der Waals surface area (Å²) in [5, 5.41) is 4.07. The van der Waals surface area contributed by atoms with Crippen molar-refractivity contribution in [3.05, 3.63) is 18.0 Å². The van der Waals surface area contributed by atoms with E-state index in [2.05, 4.69) is 11.0 Å². The van der Waals surface area contributed by atoms with E-state index in [0.29, 0.717) is 0 Å². The predicted octanol–water partition coefficient (Wildman–Crippen LogP) is 1.21. The van der Waals surface area contributed by atoms with Crippen LogP contribution in [0.15, 0.2) is 12.3 Å². The highest BCUT2D eigenvalue weighted by Crippen LogP contribution is 1.95. The van der Waals surface area contributed by atoms with Crippen molar-refractivity contribution >= 4 is 0 Å². The number of nitrogens with zero attached hydrogens (tertiary/aromatic N) is 2. The first-order chi connectivity index (χ1) is 4.84. The Balaban J connectivity index is 2.59. The van der Waals surface area contributed by atoms with E-state index in [1.807, 2.05) is 17.7 Å². The van der Waals surface area contributed by atoms with E-state index in [4.69, 9.17) is 6.42 Å². The SMILES string of the molecule is C#CCCn1nccc1C. The molecular formula is C8H10N2. The molecule has 0 spiro atoms. The molecule has 1 heterocycles. The van der Waals surface area contributed by atoms with Crippen LogP contribution in [0.3, 0.4) is 0 Å². The molecule has 0 unspecified atom stereocenters. The van der Waals surface area contributed by atoms with Crippen LogP contribution in [-0.2, 0) is 6.54 Å². The monoisotopic (exact) mass is 134 g/mol. The molecule has 0 radical (unpaired) electrons. The fourth-order valence-electron chi connectivity index (χ4n) is 0.803. The zero-order valence-corrected chi connectivity index (χ0v) is 6.04. The largest absolute Gasteiger partial charge is 0.269 e. The summed E-state index contributed by atoms with van der Waals surface area (Å²) in [5.74, 6) is 2.57. The van der Waals surface area contributed by atoms with Gasteiger partial charge in [-0.2, -0.15) is 5.10 Å². The van der Waals surface area contributed by atoms with Crippen molar-refractivity contribution in [2.75, 3.05) is 0 Å². The van der Waals surface area contributed by atoms with E-state index < -0.39 is 0 Å². The maximum absolute atomic E-state index is 5.10. The van der Waals surface area contributed by atoms with Gasteiger partial charge in [-0.25, -0.2) is 0 Å². The van der Waals surface area contributed by atoms with Crippen LogP contribution in [0.2, 0.25) is 0 Å². The van der Waals surface area contributed by atoms with E-state index in [0.717, 1.165) is 18.7 Å². The Morgan fingerprint density at radius 1 is 1.80 bits per heavy atom. The van der Waals surface area contributed by atoms with Gasteiger partial charge in [0.05, 0.1) is 6.54 Å². The van der Waals surface area contributed by atoms with E-state index in [1.54, 1.807) is 6.20 Å². The zero-order valence-electron chi connectivity index (χ0n) is 6.04. The van der Waals surface area contributed by atoms with Crippen molar-refractivity contribution in [3.8, 4) is 12.3 Å². The number of hydrogen-bond donors (Lipinski definition) is 0. The Hall–Kier alpha value is -1.23. The summed E-state index contributed by atoms with van der Waals surface area (Å²) in [4.78, 5) is 0. The molecule has 0 saturated heterocycles. The molecule has 52 valence electrons. The normalized spacial score (nSPS) is 9.20. The second kappa shape index (κ2) is 3.07. The number of aryl methyl sites for hydroxylation is 2. The van der Waals surface area contributed by atoms with Gasteiger partial charge >= 0.3 is 0 Å². The van der Waals surface area contributed by atoms with Gasteiger partial charge < -0.3 is 0 Å². The van der Waals surface area contributed by atoms with E-state index in [9.17, 15) is 0 Å². The number of rotatable bonds is 2. The molecule has 0 aliphatic heterocycles. The van der Waals surface area contributed by atoms with Gasteiger partial charge in [-0.15, -0.1) is 12.3 Å². The Labute approximate surface area is 60.9 Å². The first-order valence-corrected chi connectivity index (χ1v) is 3.26. The average molecular weight is 134 g/mol. The Morgan fingerprint density at radius 3 is 3.10 bits per heavy atom. The van der Waals surface area contributed by atoms with Crippen LogP contribution in [-0.4, -0.2) is 9.78 Å². The molecule has 1 aromatic rings. The van der Waals surface area contributed by atoms with Crippen LogP contribution >= 0.6 is 0 Å². The minimum absolute atomic E-state index is 0.752. The Morgan fingerprint density at radius 2 is 2.60 bits per heavy atom. The molecule has 0 atom stereocenters. The van der Waals surface area contributed by atoms with E-state index in [-0.39, 0.29) is 0 Å². The lowest BCUT2D eigenvalue weighted by atomic mass is 10.4. The summed E-state index contributed by atoms with van der Waals surface area (Å²) in [5.41, 5.74) is 1.16. The maximum atomic E-state index is 5.10. The smallest absolute Gasteiger partial charge is 0.0521 e. The molecule has 0 N–H and O–H groups in total. The second-order valence-corrected chi connectivity index (χ2v) is 2.15. The lowest BCUT2D eigenvalue weighted by molar-refractivity contribution is 0.612. The zero-order chi connectivity index (χ0) is 7.40. The van der Waals surface area contributed by atoms with Gasteiger partial charge in [0.1, 0.15) is 0 Å². The van der Waals surface area contributed by atoms with Crippen LogP contribution in [0.25, 0.3) is 0 Å². The van der Waals surface area contributed by atoms with Gasteiger partial charge in [0, 0.05) is 18.3 Å². The molecule has 0 fully saturated rings. The molecule has 10 heavy (non-hydrogen) atoms. The minimum atomic E-state index is 0.752. The van der Waals surface area contributed by atoms with Crippen molar-refractivity contribution in [2.45, 2.75) is 19.9 Å². The van der Waals surface area contributed by atoms with Gasteiger partial charge in [0.2, 0.25) is 0 Å². The highest BCUT2D eigenvalue weighted by atomic mass is 15.3. The fraction of sp³-hybridized carbons (Fsp3) is 0.375. The molecule has 2 nitrogen and oxygen atoms in total. The molecule has 1 aromatic heterocycles. The molecule has 0 amide bonds. The molecule has 0 aliphatic carbocycles. The van der Waals surface area contributed by atoms with Crippen molar-refractivity contribution in [1.29, 1.82) is 0 Å². The van der Waals surface area contributed by atoms with Crippen LogP contribution in [0.4, 0.5) is 0 Å². The van der Waals surface area contributed by atoms with Crippen LogP contribution in [0.1, 0.15) is 12.1 Å². The summed E-state index contributed by atoms with van der Waals surface area (Å²) in [6, 6.07) is 1.97. The molecule has 0 aromatic carbocycles. The molecule has 0 saturated carbocycles. The standard InChI is InChI=1S/C8H10N2/c1-3-4-7-10-8(2)5-6-9-10/h1,5-6H,4,7H2,2H3. The molecule has 0 aliphatic rings. The predicted molar refractivity (Wildman–Crippen MR) is 40.4 cm³/mol. The number of aromatic nitrogens is 2. The van der Waals surface area contributed by atoms with Crippen molar-refractivity contribution in [2.24, 2.45) is 0 Å². The molecule has 0 bridgehead atoms. The van der Waals surface area contributed by atoms with Crippen molar-refractivity contribution in [3.63, 3.8) is 0 Å². The highest BCUT2D eigenvalue weighted by molar-refractivity contribution is 4.97. The van der Waals surface area contributed by atoms with Crippen LogP contribution < -0.4 is 0 Å². The fourth-order valence-corrected chi connectivity index (χ4v) is 0.803. The topological polar surface area (TPSA) is 17.8 Å². The van der Waals surface area contributed by atoms with Crippen LogP contribution in [0, 0.1) is 19.3 Å². The third-order valence-corrected chi connectivity index (χ3v) is 1.40. The Bertz CT molecular complexity index is 242. The van der Waals surface area contributed by atoms with Crippen LogP contribution in [0.5, 0.6) is 0 Å². The molecule has 1 rings (SSSR count). The summed E-state index contributed by atoms with van der Waals surface area (Å²) < 4.78 is 1.90. The maximum Gasteiger partial charge on any atom is 0.0521 e. The summed E-state index contributed by atoms with van der Waals surface area (Å²) in [6.07, 6.45) is 7.64. The van der Waals surface area contributed by atoms with Gasteiger partial charge in [0.25, 0.3) is 0 Å². The number of hydrogen-bond acceptors (Lipinski definition) is 1. The first kappa shape index (κ1) is 6.88. The van der Waals surface area contributed by atoms with E-state index in [1.165, 1.54) is 0 Å². The van der Waals surface area contributed by atoms with Gasteiger partial charge in [-0.3, -0.25) is 4.68 Å². The van der Waals surface area contributed by atoms with Crippen molar-refractivity contribution in [1.82, 2.24) is 9.78 Å². The quantitative estimate of drug-likeness (QED) is 0.556. The summed E-state index contributed by atoms with van der Waals surface area (Å²) in [6.45, 7) is 2.85. The van der Waals surface area contributed by atoms with Gasteiger partial charge in [-0.05, 0) is 13.0 Å². The summed E-state index contributed by atoms with van der Waals surface area (Å²) >= 11 is 0. The summed E-state index contributed by atoms with van der Waals surface area (Å²) in [7, 11) is 0. The lowest BCUT2D eigenvalue weighted by Gasteiger charge is -1.98. The third-order valence-electron chi connectivity index (χ3n) is 1.40. The van der Waals surface area contributed by atoms with Gasteiger partial charge in [0.15, 0.2) is 0 Å². The molecular weight excluding hydrogens is 124 g/mol.